The van der Waals surface area contributed by atoms with Gasteiger partial charge in [0.2, 0.25) is 0 Å². The van der Waals surface area contributed by atoms with Crippen molar-refractivity contribution in [3.8, 4) is 0 Å². The van der Waals surface area contributed by atoms with Gasteiger partial charge in [0.25, 0.3) is 0 Å². The molecule has 0 aliphatic heterocycles. The molecule has 0 saturated heterocycles. The second-order valence-corrected chi connectivity index (χ2v) is 3.79. The Balaban J connectivity index is 3.21. The van der Waals surface area contributed by atoms with E-state index in [9.17, 15) is 18.7 Å². The molecule has 1 rings (SSSR count). The van der Waals surface area contributed by atoms with Crippen LogP contribution in [0.4, 0.5) is 8.78 Å². The van der Waals surface area contributed by atoms with Crippen molar-refractivity contribution < 1.29 is 18.7 Å². The predicted octanol–water partition coefficient (Wildman–Crippen LogP) is 2.37. The summed E-state index contributed by atoms with van der Waals surface area (Å²) in [5.41, 5.74) is -0.415. The molecular weight excluding hydrogens is 238 g/mol. The van der Waals surface area contributed by atoms with Crippen LogP contribution >= 0.6 is 11.6 Å². The molecule has 0 radical (unpaired) electrons. The number of carbonyl (C=O) groups excluding carboxylic acids is 1. The number of hydrogen-bond donors (Lipinski definition) is 1. The van der Waals surface area contributed by atoms with Crippen molar-refractivity contribution in [3.05, 3.63) is 34.9 Å². The van der Waals surface area contributed by atoms with E-state index in [0.717, 1.165) is 12.1 Å². The van der Waals surface area contributed by atoms with E-state index >= 15 is 0 Å². The van der Waals surface area contributed by atoms with Gasteiger partial charge < -0.3 is 5.11 Å². The number of alkyl halides is 1. The smallest absolute Gasteiger partial charge is 0.135 e. The van der Waals surface area contributed by atoms with Gasteiger partial charge >= 0.3 is 0 Å². The van der Waals surface area contributed by atoms with E-state index in [4.69, 9.17) is 11.6 Å². The van der Waals surface area contributed by atoms with E-state index in [1.54, 1.807) is 0 Å². The van der Waals surface area contributed by atoms with Gasteiger partial charge in [-0.15, -0.1) is 11.6 Å². The van der Waals surface area contributed by atoms with E-state index in [2.05, 4.69) is 0 Å². The minimum absolute atomic E-state index is 0.0901. The Morgan fingerprint density at radius 3 is 2.62 bits per heavy atom. The highest BCUT2D eigenvalue weighted by Gasteiger charge is 2.19. The van der Waals surface area contributed by atoms with Crippen LogP contribution in [0.2, 0.25) is 0 Å². The van der Waals surface area contributed by atoms with Gasteiger partial charge in [-0.25, -0.2) is 8.78 Å². The third-order valence-corrected chi connectivity index (χ3v) is 2.44. The molecule has 1 N–H and O–H groups in total. The summed E-state index contributed by atoms with van der Waals surface area (Å²) in [6.07, 6.45) is -1.53. The van der Waals surface area contributed by atoms with Gasteiger partial charge in [0, 0.05) is 17.5 Å². The SMILES string of the molecule is CC(=O)Cc1c(F)ccc([C@@H](O)CCl)c1F. The first-order valence-corrected chi connectivity index (χ1v) is 5.21. The number of aliphatic hydroxyl groups is 1. The maximum atomic E-state index is 13.7. The second kappa shape index (κ2) is 5.37. The molecule has 0 aromatic heterocycles. The summed E-state index contributed by atoms with van der Waals surface area (Å²) in [5.74, 6) is -2.24. The molecule has 0 unspecified atom stereocenters. The van der Waals surface area contributed by atoms with E-state index < -0.39 is 17.7 Å². The minimum Gasteiger partial charge on any atom is -0.387 e. The van der Waals surface area contributed by atoms with Gasteiger partial charge in [-0.3, -0.25) is 4.79 Å². The molecule has 0 heterocycles. The zero-order valence-electron chi connectivity index (χ0n) is 8.64. The number of aliphatic hydroxyl groups excluding tert-OH is 1. The Hall–Kier alpha value is -1.00. The standard InChI is InChI=1S/C11H11ClF2O2/c1-6(15)4-8-9(13)3-2-7(11(8)14)10(16)5-12/h2-3,10,16H,4-5H2,1H3/t10-/m0/s1. The minimum atomic E-state index is -1.20. The Labute approximate surface area is 96.8 Å². The van der Waals surface area contributed by atoms with Crippen molar-refractivity contribution in [1.29, 1.82) is 0 Å². The fraction of sp³-hybridized carbons (Fsp3) is 0.364. The highest BCUT2D eigenvalue weighted by Crippen LogP contribution is 2.23. The van der Waals surface area contributed by atoms with Crippen LogP contribution in [0.1, 0.15) is 24.2 Å². The van der Waals surface area contributed by atoms with Crippen LogP contribution in [0.5, 0.6) is 0 Å². The predicted molar refractivity (Wildman–Crippen MR) is 56.4 cm³/mol. The van der Waals surface area contributed by atoms with Crippen LogP contribution in [0.3, 0.4) is 0 Å². The highest BCUT2D eigenvalue weighted by molar-refractivity contribution is 6.18. The monoisotopic (exact) mass is 248 g/mol. The molecule has 5 heteroatoms. The number of benzene rings is 1. The van der Waals surface area contributed by atoms with Crippen molar-refractivity contribution in [2.75, 3.05) is 5.88 Å². The number of rotatable bonds is 4. The lowest BCUT2D eigenvalue weighted by Crippen LogP contribution is -2.09. The highest BCUT2D eigenvalue weighted by atomic mass is 35.5. The first-order chi connectivity index (χ1) is 7.47. The Morgan fingerprint density at radius 2 is 2.12 bits per heavy atom. The molecule has 1 aromatic carbocycles. The van der Waals surface area contributed by atoms with Gasteiger partial charge in [0.1, 0.15) is 17.4 Å². The molecule has 2 nitrogen and oxygen atoms in total. The zero-order chi connectivity index (χ0) is 12.3. The molecule has 16 heavy (non-hydrogen) atoms. The topological polar surface area (TPSA) is 37.3 Å². The lowest BCUT2D eigenvalue weighted by atomic mass is 10.0. The third kappa shape index (κ3) is 2.77. The average molecular weight is 249 g/mol. The van der Waals surface area contributed by atoms with Crippen molar-refractivity contribution in [1.82, 2.24) is 0 Å². The summed E-state index contributed by atoms with van der Waals surface area (Å²) in [4.78, 5) is 10.8. The second-order valence-electron chi connectivity index (χ2n) is 3.48. The van der Waals surface area contributed by atoms with Crippen molar-refractivity contribution in [2.45, 2.75) is 19.4 Å². The fourth-order valence-electron chi connectivity index (χ4n) is 1.37. The maximum absolute atomic E-state index is 13.7. The van der Waals surface area contributed by atoms with Gasteiger partial charge in [-0.1, -0.05) is 6.07 Å². The largest absolute Gasteiger partial charge is 0.387 e. The molecular formula is C11H11ClF2O2. The summed E-state index contributed by atoms with van der Waals surface area (Å²) in [5, 5.41) is 9.38. The van der Waals surface area contributed by atoms with Crippen LogP contribution in [0, 0.1) is 11.6 Å². The summed E-state index contributed by atoms with van der Waals surface area (Å²) >= 11 is 5.38. The molecule has 0 fully saturated rings. The molecule has 88 valence electrons. The van der Waals surface area contributed by atoms with Crippen LogP contribution in [-0.2, 0) is 11.2 Å². The number of hydrogen-bond acceptors (Lipinski definition) is 2. The number of Topliss-reactive ketones (excluding diaryl/α,β-unsaturated/α-hetero) is 1. The zero-order valence-corrected chi connectivity index (χ0v) is 9.39. The van der Waals surface area contributed by atoms with Crippen LogP contribution in [0.25, 0.3) is 0 Å². The van der Waals surface area contributed by atoms with E-state index in [0.29, 0.717) is 0 Å². The molecule has 1 aromatic rings. The lowest BCUT2D eigenvalue weighted by Gasteiger charge is -2.11. The quantitative estimate of drug-likeness (QED) is 0.831. The summed E-state index contributed by atoms with van der Waals surface area (Å²) in [7, 11) is 0. The van der Waals surface area contributed by atoms with Crippen molar-refractivity contribution >= 4 is 17.4 Å². The molecule has 0 spiro atoms. The Kier molecular flexibility index (Phi) is 4.38. The first-order valence-electron chi connectivity index (χ1n) is 4.67. The van der Waals surface area contributed by atoms with Crippen LogP contribution in [0.15, 0.2) is 12.1 Å². The van der Waals surface area contributed by atoms with Gasteiger partial charge in [-0.2, -0.15) is 0 Å². The van der Waals surface area contributed by atoms with Crippen LogP contribution < -0.4 is 0 Å². The average Bonchev–Trinajstić information content (AvgIpc) is 2.23. The molecule has 0 amide bonds. The number of carbonyl (C=O) groups is 1. The summed E-state index contributed by atoms with van der Waals surface area (Å²) < 4.78 is 27.0. The molecule has 1 atom stereocenters. The van der Waals surface area contributed by atoms with E-state index in [1.807, 2.05) is 0 Å². The lowest BCUT2D eigenvalue weighted by molar-refractivity contribution is -0.116. The van der Waals surface area contributed by atoms with Crippen molar-refractivity contribution in [2.24, 2.45) is 0 Å². The van der Waals surface area contributed by atoms with Gasteiger partial charge in [0.05, 0.1) is 12.0 Å². The normalized spacial score (nSPS) is 12.6. The molecule has 0 aliphatic rings. The fourth-order valence-corrected chi connectivity index (χ4v) is 1.53. The van der Waals surface area contributed by atoms with Gasteiger partial charge in [0.15, 0.2) is 0 Å². The molecule has 0 aliphatic carbocycles. The molecule has 0 bridgehead atoms. The Morgan fingerprint density at radius 1 is 1.50 bits per heavy atom. The van der Waals surface area contributed by atoms with Crippen LogP contribution in [-0.4, -0.2) is 16.8 Å². The Bertz CT molecular complexity index is 407. The third-order valence-electron chi connectivity index (χ3n) is 2.15. The van der Waals surface area contributed by atoms with Gasteiger partial charge in [-0.05, 0) is 13.0 Å². The van der Waals surface area contributed by atoms with Crippen molar-refractivity contribution in [3.63, 3.8) is 0 Å². The summed E-state index contributed by atoms with van der Waals surface area (Å²) in [6.45, 7) is 1.24. The molecule has 0 saturated carbocycles. The number of halogens is 3. The maximum Gasteiger partial charge on any atom is 0.135 e. The van der Waals surface area contributed by atoms with E-state index in [1.165, 1.54) is 6.92 Å². The van der Waals surface area contributed by atoms with E-state index in [-0.39, 0.29) is 29.2 Å². The number of ketones is 1. The first kappa shape index (κ1) is 13.1. The summed E-state index contributed by atoms with van der Waals surface area (Å²) in [6, 6.07) is 2.15.